The Balaban J connectivity index is 1.45. The lowest BCUT2D eigenvalue weighted by molar-refractivity contribution is -0.144. The smallest absolute Gasteiger partial charge is 0.246 e. The van der Waals surface area contributed by atoms with Crippen molar-refractivity contribution in [1.29, 1.82) is 0 Å². The topological polar surface area (TPSA) is 159 Å². The van der Waals surface area contributed by atoms with Crippen molar-refractivity contribution in [3.8, 4) is 0 Å². The largest absolute Gasteiger partial charge is 0.342 e. The van der Waals surface area contributed by atoms with Crippen LogP contribution in [0.25, 0.3) is 0 Å². The molecule has 2 aromatic carbocycles. The third kappa shape index (κ3) is 7.87. The molecule has 0 aromatic heterocycles. The van der Waals surface area contributed by atoms with E-state index in [4.69, 9.17) is 17.3 Å². The van der Waals surface area contributed by atoms with Crippen LogP contribution in [0.3, 0.4) is 0 Å². The zero-order chi connectivity index (χ0) is 30.4. The summed E-state index contributed by atoms with van der Waals surface area (Å²) < 4.78 is 23.4. The number of benzene rings is 2. The Morgan fingerprint density at radius 3 is 2.36 bits per heavy atom. The third-order valence-electron chi connectivity index (χ3n) is 7.64. The lowest BCUT2D eigenvalue weighted by Gasteiger charge is -2.37. The van der Waals surface area contributed by atoms with Crippen LogP contribution in [0.15, 0.2) is 42.5 Å². The number of nitrogens with one attached hydrogen (secondary N) is 2. The van der Waals surface area contributed by atoms with Crippen molar-refractivity contribution in [3.05, 3.63) is 64.2 Å². The van der Waals surface area contributed by atoms with Crippen LogP contribution in [0.1, 0.15) is 36.0 Å². The number of hydrogen-bond donors (Lipinski definition) is 3. The molecule has 2 atom stereocenters. The molecule has 0 spiro atoms. The number of anilines is 1. The lowest BCUT2D eigenvalue weighted by Crippen LogP contribution is -2.56. The summed E-state index contributed by atoms with van der Waals surface area (Å²) in [5.41, 5.74) is 8.89. The van der Waals surface area contributed by atoms with Gasteiger partial charge in [0.05, 0.1) is 11.5 Å². The molecule has 4 rings (SSSR count). The number of aryl methyl sites for hydroxylation is 1. The van der Waals surface area contributed by atoms with Gasteiger partial charge in [0.1, 0.15) is 12.1 Å². The summed E-state index contributed by atoms with van der Waals surface area (Å²) in [6.45, 7) is 2.36. The van der Waals surface area contributed by atoms with Crippen molar-refractivity contribution in [3.63, 3.8) is 0 Å². The summed E-state index contributed by atoms with van der Waals surface area (Å²) in [5, 5.41) is 6.15. The van der Waals surface area contributed by atoms with E-state index in [1.807, 2.05) is 31.2 Å². The normalized spacial score (nSPS) is 18.5. The minimum atomic E-state index is -3.14. The predicted molar refractivity (Wildman–Crippen MR) is 159 cm³/mol. The predicted octanol–water partition coefficient (Wildman–Crippen LogP) is 1.41. The quantitative estimate of drug-likeness (QED) is 0.384. The molecule has 2 aliphatic rings. The van der Waals surface area contributed by atoms with Gasteiger partial charge in [0, 0.05) is 49.6 Å². The minimum absolute atomic E-state index is 0.0903. The summed E-state index contributed by atoms with van der Waals surface area (Å²) in [5.74, 6) is -1.79. The van der Waals surface area contributed by atoms with Crippen molar-refractivity contribution in [2.45, 2.75) is 51.2 Å². The molecule has 0 saturated carbocycles. The number of hydrogen-bond acceptors (Lipinski definition) is 7. The standard InChI is InChI=1S/C29H36ClN5O6S/c1-19-16-22(6-7-23(19)30)32-28(38)24(10-11-31)33-29(39)25-17-20-4-2-3-5-21(20)18-35(25)27(37)9-8-26(36)34-12-14-42(40,41)15-13-34/h2-7,16,24-25H,8-15,17-18,31H2,1H3,(H,32,38)(H,33,39)/t24-,25-/m0/s1. The van der Waals surface area contributed by atoms with E-state index in [1.54, 1.807) is 18.2 Å². The molecule has 11 nitrogen and oxygen atoms in total. The van der Waals surface area contributed by atoms with E-state index >= 15 is 0 Å². The van der Waals surface area contributed by atoms with Gasteiger partial charge in [0.25, 0.3) is 0 Å². The van der Waals surface area contributed by atoms with Crippen LogP contribution in [0, 0.1) is 6.92 Å². The highest BCUT2D eigenvalue weighted by atomic mass is 35.5. The van der Waals surface area contributed by atoms with Gasteiger partial charge in [-0.1, -0.05) is 35.9 Å². The van der Waals surface area contributed by atoms with Gasteiger partial charge in [0.15, 0.2) is 9.84 Å². The molecule has 1 saturated heterocycles. The first kappa shape index (κ1) is 31.5. The van der Waals surface area contributed by atoms with Gasteiger partial charge in [-0.3, -0.25) is 19.2 Å². The lowest BCUT2D eigenvalue weighted by atomic mass is 9.92. The number of carbonyl (C=O) groups excluding carboxylic acids is 4. The second kappa shape index (κ2) is 13.7. The van der Waals surface area contributed by atoms with Crippen LogP contribution in [-0.4, -0.2) is 85.1 Å². The monoisotopic (exact) mass is 617 g/mol. The Morgan fingerprint density at radius 1 is 1.02 bits per heavy atom. The maximum Gasteiger partial charge on any atom is 0.246 e. The summed E-state index contributed by atoms with van der Waals surface area (Å²) >= 11 is 6.09. The van der Waals surface area contributed by atoms with E-state index in [-0.39, 0.29) is 75.2 Å². The maximum atomic E-state index is 13.6. The second-order valence-electron chi connectivity index (χ2n) is 10.6. The number of nitrogens with two attached hydrogens (primary N) is 1. The first-order chi connectivity index (χ1) is 20.0. The van der Waals surface area contributed by atoms with Gasteiger partial charge in [-0.25, -0.2) is 8.42 Å². The van der Waals surface area contributed by atoms with Crippen molar-refractivity contribution < 1.29 is 27.6 Å². The molecule has 0 aliphatic carbocycles. The average Bonchev–Trinajstić information content (AvgIpc) is 2.96. The highest BCUT2D eigenvalue weighted by molar-refractivity contribution is 7.91. The molecule has 0 radical (unpaired) electrons. The van der Waals surface area contributed by atoms with Gasteiger partial charge >= 0.3 is 0 Å². The van der Waals surface area contributed by atoms with E-state index in [1.165, 1.54) is 9.80 Å². The van der Waals surface area contributed by atoms with E-state index in [2.05, 4.69) is 10.6 Å². The zero-order valence-corrected chi connectivity index (χ0v) is 25.0. The highest BCUT2D eigenvalue weighted by Crippen LogP contribution is 2.25. The molecule has 4 amide bonds. The molecular formula is C29H36ClN5O6S. The molecule has 2 aliphatic heterocycles. The van der Waals surface area contributed by atoms with Crippen LogP contribution < -0.4 is 16.4 Å². The molecule has 0 unspecified atom stereocenters. The fraction of sp³-hybridized carbons (Fsp3) is 0.448. The number of fused-ring (bicyclic) bond motifs is 1. The fourth-order valence-electron chi connectivity index (χ4n) is 5.15. The van der Waals surface area contributed by atoms with Crippen molar-refractivity contribution >= 4 is 50.8 Å². The van der Waals surface area contributed by atoms with Gasteiger partial charge in [0.2, 0.25) is 23.6 Å². The molecule has 2 heterocycles. The van der Waals surface area contributed by atoms with Crippen molar-refractivity contribution in [2.75, 3.05) is 36.5 Å². The molecule has 1 fully saturated rings. The van der Waals surface area contributed by atoms with Gasteiger partial charge in [-0.15, -0.1) is 0 Å². The summed E-state index contributed by atoms with van der Waals surface area (Å²) in [7, 11) is -3.14. The molecule has 42 heavy (non-hydrogen) atoms. The van der Waals surface area contributed by atoms with Crippen LogP contribution >= 0.6 is 11.6 Å². The number of rotatable bonds is 9. The van der Waals surface area contributed by atoms with Gasteiger partial charge in [-0.05, 0) is 54.8 Å². The number of amides is 4. The Kier molecular flexibility index (Phi) is 10.2. The summed E-state index contributed by atoms with van der Waals surface area (Å²) in [6, 6.07) is 10.7. The van der Waals surface area contributed by atoms with Crippen LogP contribution in [0.5, 0.6) is 0 Å². The van der Waals surface area contributed by atoms with Gasteiger partial charge in [-0.2, -0.15) is 0 Å². The number of carbonyl (C=O) groups is 4. The third-order valence-corrected chi connectivity index (χ3v) is 9.67. The SMILES string of the molecule is Cc1cc(NC(=O)[C@H](CCN)NC(=O)[C@@H]2Cc3ccccc3CN2C(=O)CCC(=O)N2CCS(=O)(=O)CC2)ccc1Cl. The van der Waals surface area contributed by atoms with E-state index in [0.717, 1.165) is 16.7 Å². The zero-order valence-electron chi connectivity index (χ0n) is 23.5. The Bertz CT molecular complexity index is 1450. The van der Waals surface area contributed by atoms with E-state index < -0.39 is 33.7 Å². The van der Waals surface area contributed by atoms with Crippen molar-refractivity contribution in [2.24, 2.45) is 5.73 Å². The van der Waals surface area contributed by atoms with Crippen LogP contribution in [-0.2, 0) is 42.0 Å². The summed E-state index contributed by atoms with van der Waals surface area (Å²) in [6.07, 6.45) is 0.210. The Hall–Kier alpha value is -3.48. The molecular weight excluding hydrogens is 582 g/mol. The molecule has 226 valence electrons. The number of sulfone groups is 1. The first-order valence-electron chi connectivity index (χ1n) is 13.9. The number of nitrogens with zero attached hydrogens (tertiary/aromatic N) is 2. The van der Waals surface area contributed by atoms with Crippen LogP contribution in [0.2, 0.25) is 5.02 Å². The molecule has 13 heteroatoms. The van der Waals surface area contributed by atoms with E-state index in [0.29, 0.717) is 10.7 Å². The van der Waals surface area contributed by atoms with Crippen LogP contribution in [0.4, 0.5) is 5.69 Å². The summed E-state index contributed by atoms with van der Waals surface area (Å²) in [4.78, 5) is 55.8. The number of halogens is 1. The average molecular weight is 618 g/mol. The molecule has 4 N–H and O–H groups in total. The molecule has 0 bridgehead atoms. The van der Waals surface area contributed by atoms with Crippen molar-refractivity contribution in [1.82, 2.24) is 15.1 Å². The second-order valence-corrected chi connectivity index (χ2v) is 13.3. The Labute approximate surface area is 250 Å². The first-order valence-corrected chi connectivity index (χ1v) is 16.1. The fourth-order valence-corrected chi connectivity index (χ4v) is 6.47. The van der Waals surface area contributed by atoms with E-state index in [9.17, 15) is 27.6 Å². The van der Waals surface area contributed by atoms with Gasteiger partial charge < -0.3 is 26.2 Å². The molecule has 2 aromatic rings. The Morgan fingerprint density at radius 2 is 1.69 bits per heavy atom. The highest BCUT2D eigenvalue weighted by Gasteiger charge is 2.36. The minimum Gasteiger partial charge on any atom is -0.342 e. The maximum absolute atomic E-state index is 13.6.